The van der Waals surface area contributed by atoms with Crippen LogP contribution in [0.2, 0.25) is 5.02 Å². The average molecular weight is 614 g/mol. The molecule has 6 rings (SSSR count). The van der Waals surface area contributed by atoms with E-state index >= 15 is 0 Å². The van der Waals surface area contributed by atoms with Crippen molar-refractivity contribution in [3.05, 3.63) is 64.7 Å². The molecule has 0 aliphatic heterocycles. The van der Waals surface area contributed by atoms with Crippen molar-refractivity contribution in [3.63, 3.8) is 0 Å². The number of hydrogen-bond acceptors (Lipinski definition) is 4. The number of anilines is 1. The van der Waals surface area contributed by atoms with Gasteiger partial charge < -0.3 is 10.2 Å². The number of halogens is 1. The van der Waals surface area contributed by atoms with Crippen molar-refractivity contribution in [2.75, 3.05) is 23.7 Å². The Bertz CT molecular complexity index is 1360. The van der Waals surface area contributed by atoms with Gasteiger partial charge in [0.15, 0.2) is 0 Å². The van der Waals surface area contributed by atoms with Crippen LogP contribution in [0.1, 0.15) is 76.3 Å². The van der Waals surface area contributed by atoms with Crippen LogP contribution in [0, 0.1) is 17.8 Å². The molecule has 0 radical (unpaired) electrons. The first-order chi connectivity index (χ1) is 20.0. The molecule has 9 heteroatoms. The molecule has 4 saturated carbocycles. The monoisotopic (exact) mass is 613 g/mol. The molecule has 0 unspecified atom stereocenters. The van der Waals surface area contributed by atoms with Gasteiger partial charge in [0.2, 0.25) is 21.8 Å². The van der Waals surface area contributed by atoms with E-state index in [2.05, 4.69) is 17.4 Å². The Labute approximate surface area is 256 Å². The summed E-state index contributed by atoms with van der Waals surface area (Å²) < 4.78 is 27.3. The molecule has 0 saturated heterocycles. The molecule has 1 N–H and O–H groups in total. The van der Waals surface area contributed by atoms with Crippen molar-refractivity contribution in [2.45, 2.75) is 83.2 Å². The lowest BCUT2D eigenvalue weighted by molar-refractivity contribution is -0.140. The first-order valence-electron chi connectivity index (χ1n) is 15.4. The smallest absolute Gasteiger partial charge is 0.244 e. The highest BCUT2D eigenvalue weighted by Crippen LogP contribution is 2.60. The summed E-state index contributed by atoms with van der Waals surface area (Å²) in [5.41, 5.74) is 2.65. The summed E-state index contributed by atoms with van der Waals surface area (Å²) in [5, 5.41) is 3.38. The van der Waals surface area contributed by atoms with Crippen LogP contribution in [0.4, 0.5) is 5.69 Å². The minimum absolute atomic E-state index is 0.0963. The van der Waals surface area contributed by atoms with Crippen LogP contribution in [-0.2, 0) is 31.6 Å². The van der Waals surface area contributed by atoms with E-state index in [0.717, 1.165) is 34.7 Å². The highest BCUT2D eigenvalue weighted by atomic mass is 35.5. The minimum Gasteiger partial charge on any atom is -0.354 e. The van der Waals surface area contributed by atoms with Crippen molar-refractivity contribution in [2.24, 2.45) is 17.8 Å². The molecule has 7 nitrogen and oxygen atoms in total. The number of carbonyl (C=O) groups excluding carboxylic acids is 2. The van der Waals surface area contributed by atoms with Crippen molar-refractivity contribution >= 4 is 39.1 Å². The summed E-state index contributed by atoms with van der Waals surface area (Å²) in [6, 6.07) is 14.3. The van der Waals surface area contributed by atoms with Gasteiger partial charge in [-0.05, 0) is 104 Å². The summed E-state index contributed by atoms with van der Waals surface area (Å²) in [4.78, 5) is 28.6. The van der Waals surface area contributed by atoms with Gasteiger partial charge in [-0.3, -0.25) is 13.9 Å². The standard InChI is InChI=1S/C33H44ClN3O4S/c1-4-14-35-32(39)30(5-2)36(21-26-8-6-7-9-29(26)34)31(38)22-37(42(3,40)41)28-12-10-27(11-13-28)33-18-23-15-24(19-33)17-25(16-23)20-33/h6-13,23-25,30H,4-5,14-22H2,1-3H3,(H,35,39)/t23?,24?,25?,30-,33?/m0/s1. The Kier molecular flexibility index (Phi) is 9.24. The molecule has 42 heavy (non-hydrogen) atoms. The highest BCUT2D eigenvalue weighted by Gasteiger charge is 2.51. The predicted molar refractivity (Wildman–Crippen MR) is 168 cm³/mol. The molecule has 4 aliphatic carbocycles. The minimum atomic E-state index is -3.79. The molecule has 1 atom stereocenters. The van der Waals surface area contributed by atoms with E-state index in [0.29, 0.717) is 29.2 Å². The molecular weight excluding hydrogens is 570 g/mol. The van der Waals surface area contributed by atoms with E-state index in [-0.39, 0.29) is 17.9 Å². The Morgan fingerprint density at radius 2 is 1.57 bits per heavy atom. The van der Waals surface area contributed by atoms with Crippen LogP contribution in [0.25, 0.3) is 0 Å². The molecule has 4 aliphatic rings. The Morgan fingerprint density at radius 1 is 0.976 bits per heavy atom. The summed E-state index contributed by atoms with van der Waals surface area (Å²) in [6.45, 7) is 4.00. The van der Waals surface area contributed by atoms with Gasteiger partial charge in [0, 0.05) is 18.1 Å². The molecule has 2 amide bonds. The van der Waals surface area contributed by atoms with Crippen LogP contribution in [0.15, 0.2) is 48.5 Å². The molecule has 228 valence electrons. The van der Waals surface area contributed by atoms with Gasteiger partial charge in [-0.25, -0.2) is 8.42 Å². The van der Waals surface area contributed by atoms with E-state index in [1.807, 2.05) is 44.2 Å². The van der Waals surface area contributed by atoms with Gasteiger partial charge in [0.05, 0.1) is 11.9 Å². The SMILES string of the molecule is CCCNC(=O)[C@H](CC)N(Cc1ccccc1Cl)C(=O)CN(c1ccc(C23CC4CC(CC(C4)C2)C3)cc1)S(C)(=O)=O. The van der Waals surface area contributed by atoms with Gasteiger partial charge in [-0.2, -0.15) is 0 Å². The molecule has 4 bridgehead atoms. The van der Waals surface area contributed by atoms with Gasteiger partial charge in [0.1, 0.15) is 12.6 Å². The second kappa shape index (κ2) is 12.6. The van der Waals surface area contributed by atoms with E-state index in [4.69, 9.17) is 11.6 Å². The second-order valence-electron chi connectivity index (χ2n) is 12.8. The fraction of sp³-hybridized carbons (Fsp3) is 0.576. The lowest BCUT2D eigenvalue weighted by atomic mass is 9.48. The first-order valence-corrected chi connectivity index (χ1v) is 17.6. The van der Waals surface area contributed by atoms with E-state index in [1.54, 1.807) is 6.07 Å². The number of amides is 2. The number of nitrogens with one attached hydrogen (secondary N) is 1. The largest absolute Gasteiger partial charge is 0.354 e. The zero-order chi connectivity index (χ0) is 30.1. The number of rotatable bonds is 12. The number of hydrogen-bond donors (Lipinski definition) is 1. The Balaban J connectivity index is 1.40. The second-order valence-corrected chi connectivity index (χ2v) is 15.2. The highest BCUT2D eigenvalue weighted by molar-refractivity contribution is 7.92. The molecule has 2 aromatic carbocycles. The fourth-order valence-corrected chi connectivity index (χ4v) is 9.20. The summed E-state index contributed by atoms with van der Waals surface area (Å²) in [5.74, 6) is 1.72. The summed E-state index contributed by atoms with van der Waals surface area (Å²) >= 11 is 6.44. The molecule has 0 heterocycles. The van der Waals surface area contributed by atoms with Crippen LogP contribution in [-0.4, -0.2) is 50.5 Å². The van der Waals surface area contributed by atoms with Gasteiger partial charge in [0.25, 0.3) is 0 Å². The maximum Gasteiger partial charge on any atom is 0.244 e. The fourth-order valence-electron chi connectivity index (χ4n) is 8.15. The third-order valence-corrected chi connectivity index (χ3v) is 11.2. The van der Waals surface area contributed by atoms with Crippen molar-refractivity contribution in [1.29, 1.82) is 0 Å². The quantitative estimate of drug-likeness (QED) is 0.323. The van der Waals surface area contributed by atoms with Crippen LogP contribution >= 0.6 is 11.6 Å². The lowest BCUT2D eigenvalue weighted by Gasteiger charge is -2.57. The number of nitrogens with zero attached hydrogens (tertiary/aromatic N) is 2. The predicted octanol–water partition coefficient (Wildman–Crippen LogP) is 5.91. The molecule has 0 aromatic heterocycles. The lowest BCUT2D eigenvalue weighted by Crippen LogP contribution is -2.52. The molecule has 4 fully saturated rings. The molecular formula is C33H44ClN3O4S. The van der Waals surface area contributed by atoms with Crippen LogP contribution in [0.3, 0.4) is 0 Å². The zero-order valence-corrected chi connectivity index (χ0v) is 26.6. The Morgan fingerprint density at radius 3 is 2.10 bits per heavy atom. The van der Waals surface area contributed by atoms with Gasteiger partial charge >= 0.3 is 0 Å². The normalized spacial score (nSPS) is 25.2. The number of sulfonamides is 1. The summed E-state index contributed by atoms with van der Waals surface area (Å²) in [7, 11) is -3.79. The van der Waals surface area contributed by atoms with E-state index in [9.17, 15) is 18.0 Å². The third-order valence-electron chi connectivity index (χ3n) is 9.72. The van der Waals surface area contributed by atoms with Gasteiger partial charge in [-0.15, -0.1) is 0 Å². The first kappa shape index (κ1) is 30.9. The summed E-state index contributed by atoms with van der Waals surface area (Å²) in [6.07, 6.45) is 10.0. The van der Waals surface area contributed by atoms with Crippen molar-refractivity contribution in [1.82, 2.24) is 10.2 Å². The molecule has 0 spiro atoms. The maximum atomic E-state index is 14.0. The number of carbonyl (C=O) groups is 2. The van der Waals surface area contributed by atoms with Crippen molar-refractivity contribution in [3.8, 4) is 0 Å². The zero-order valence-electron chi connectivity index (χ0n) is 25.0. The van der Waals surface area contributed by atoms with Crippen LogP contribution < -0.4 is 9.62 Å². The topological polar surface area (TPSA) is 86.8 Å². The van der Waals surface area contributed by atoms with E-state index < -0.39 is 28.5 Å². The average Bonchev–Trinajstić information content (AvgIpc) is 2.94. The van der Waals surface area contributed by atoms with Crippen LogP contribution in [0.5, 0.6) is 0 Å². The van der Waals surface area contributed by atoms with Crippen molar-refractivity contribution < 1.29 is 18.0 Å². The Hall–Kier alpha value is -2.58. The molecule has 2 aromatic rings. The maximum absolute atomic E-state index is 14.0. The third kappa shape index (κ3) is 6.49. The van der Waals surface area contributed by atoms with Gasteiger partial charge in [-0.1, -0.05) is 55.8 Å². The van der Waals surface area contributed by atoms with E-state index in [1.165, 1.54) is 49.0 Å². The number of benzene rings is 2.